The summed E-state index contributed by atoms with van der Waals surface area (Å²) in [6, 6.07) is 11.1. The second-order valence-corrected chi connectivity index (χ2v) is 5.09. The molecule has 0 aliphatic heterocycles. The lowest BCUT2D eigenvalue weighted by Crippen LogP contribution is -2.12. The predicted molar refractivity (Wildman–Crippen MR) is 87.5 cm³/mol. The Morgan fingerprint density at radius 2 is 1.74 bits per heavy atom. The summed E-state index contributed by atoms with van der Waals surface area (Å²) in [7, 11) is 0. The Morgan fingerprint density at radius 3 is 2.35 bits per heavy atom. The van der Waals surface area contributed by atoms with Crippen molar-refractivity contribution in [2.75, 3.05) is 13.2 Å². The summed E-state index contributed by atoms with van der Waals surface area (Å²) < 4.78 is 16.1. The van der Waals surface area contributed by atoms with E-state index in [2.05, 4.69) is 6.58 Å². The average Bonchev–Trinajstić information content (AvgIpc) is 2.51. The van der Waals surface area contributed by atoms with Gasteiger partial charge in [-0.25, -0.2) is 4.79 Å². The first-order valence-corrected chi connectivity index (χ1v) is 7.31. The summed E-state index contributed by atoms with van der Waals surface area (Å²) in [6.45, 7) is 7.04. The van der Waals surface area contributed by atoms with Gasteiger partial charge in [0.25, 0.3) is 0 Å². The highest BCUT2D eigenvalue weighted by Crippen LogP contribution is 2.32. The fraction of sp³-hybridized carbons (Fsp3) is 0.278. The number of aliphatic hydroxyl groups is 1. The van der Waals surface area contributed by atoms with Crippen molar-refractivity contribution in [3.63, 3.8) is 0 Å². The lowest BCUT2D eigenvalue weighted by atomic mass is 10.1. The van der Waals surface area contributed by atoms with E-state index in [1.807, 2.05) is 30.3 Å². The number of aliphatic hydroxyl groups excluding tert-OH is 1. The van der Waals surface area contributed by atoms with Crippen molar-refractivity contribution < 1.29 is 24.1 Å². The van der Waals surface area contributed by atoms with Gasteiger partial charge in [-0.05, 0) is 26.0 Å². The molecule has 2 rings (SSSR count). The monoisotopic (exact) mass is 316 g/mol. The minimum absolute atomic E-state index is 0.145. The van der Waals surface area contributed by atoms with E-state index in [4.69, 9.17) is 14.2 Å². The second-order valence-electron chi connectivity index (χ2n) is 5.09. The van der Waals surface area contributed by atoms with Crippen molar-refractivity contribution >= 4 is 16.7 Å². The Balaban J connectivity index is 2.09. The molecule has 0 spiro atoms. The number of rotatable bonds is 7. The lowest BCUT2D eigenvalue weighted by molar-refractivity contribution is -0.139. The van der Waals surface area contributed by atoms with Gasteiger partial charge in [-0.1, -0.05) is 30.8 Å². The van der Waals surface area contributed by atoms with E-state index < -0.39 is 12.3 Å². The molecule has 1 atom stereocenters. The van der Waals surface area contributed by atoms with Gasteiger partial charge in [0.05, 0.1) is 0 Å². The van der Waals surface area contributed by atoms with Crippen LogP contribution in [-0.2, 0) is 9.53 Å². The highest BCUT2D eigenvalue weighted by atomic mass is 16.6. The summed E-state index contributed by atoms with van der Waals surface area (Å²) in [6.07, 6.45) is -0.897. The Bertz CT molecular complexity index is 706. The van der Waals surface area contributed by atoms with E-state index in [1.54, 1.807) is 19.9 Å². The molecule has 5 nitrogen and oxygen atoms in total. The Labute approximate surface area is 135 Å². The van der Waals surface area contributed by atoms with E-state index >= 15 is 0 Å². The molecular formula is C18H20O5. The summed E-state index contributed by atoms with van der Waals surface area (Å²) >= 11 is 0. The minimum atomic E-state index is -0.897. The van der Waals surface area contributed by atoms with Gasteiger partial charge in [0.15, 0.2) is 6.29 Å². The average molecular weight is 316 g/mol. The Hall–Kier alpha value is -2.53. The molecule has 0 saturated heterocycles. The van der Waals surface area contributed by atoms with Crippen molar-refractivity contribution in [1.82, 2.24) is 0 Å². The molecule has 0 aliphatic rings. The van der Waals surface area contributed by atoms with Gasteiger partial charge in [0.2, 0.25) is 0 Å². The molecule has 0 amide bonds. The highest BCUT2D eigenvalue weighted by molar-refractivity contribution is 5.93. The van der Waals surface area contributed by atoms with Crippen LogP contribution in [0.3, 0.4) is 0 Å². The molecule has 0 aromatic heterocycles. The zero-order valence-electron chi connectivity index (χ0n) is 13.2. The smallest absolute Gasteiger partial charge is 0.333 e. The summed E-state index contributed by atoms with van der Waals surface area (Å²) in [5, 5.41) is 11.1. The number of hydrogen-bond donors (Lipinski definition) is 1. The minimum Gasteiger partial charge on any atom is -0.489 e. The van der Waals surface area contributed by atoms with Crippen LogP contribution in [0.4, 0.5) is 0 Å². The number of carbonyl (C=O) groups is 1. The Kier molecular flexibility index (Phi) is 5.60. The molecule has 0 saturated carbocycles. The summed E-state index contributed by atoms with van der Waals surface area (Å²) in [5.41, 5.74) is 0.357. The molecule has 2 aromatic carbocycles. The lowest BCUT2D eigenvalue weighted by Gasteiger charge is -2.14. The van der Waals surface area contributed by atoms with Gasteiger partial charge in [-0.2, -0.15) is 0 Å². The van der Waals surface area contributed by atoms with Crippen LogP contribution in [0.15, 0.2) is 48.6 Å². The fourth-order valence-electron chi connectivity index (χ4n) is 2.07. The third kappa shape index (κ3) is 4.47. The van der Waals surface area contributed by atoms with Crippen LogP contribution in [0.5, 0.6) is 11.5 Å². The van der Waals surface area contributed by atoms with Crippen LogP contribution in [0.25, 0.3) is 10.8 Å². The maximum atomic E-state index is 11.3. The molecule has 0 radical (unpaired) electrons. The van der Waals surface area contributed by atoms with Crippen molar-refractivity contribution in [2.45, 2.75) is 20.1 Å². The molecule has 1 N–H and O–H groups in total. The van der Waals surface area contributed by atoms with E-state index in [0.717, 1.165) is 10.8 Å². The second kappa shape index (κ2) is 7.65. The number of ether oxygens (including phenoxy) is 3. The number of fused-ring (bicyclic) bond motifs is 1. The van der Waals surface area contributed by atoms with Gasteiger partial charge in [0.1, 0.15) is 24.7 Å². The number of esters is 1. The highest BCUT2D eigenvalue weighted by Gasteiger charge is 2.09. The zero-order valence-corrected chi connectivity index (χ0v) is 13.2. The van der Waals surface area contributed by atoms with Crippen LogP contribution < -0.4 is 9.47 Å². The normalized spacial score (nSPS) is 11.8. The quantitative estimate of drug-likeness (QED) is 0.368. The zero-order chi connectivity index (χ0) is 16.8. The maximum Gasteiger partial charge on any atom is 0.333 e. The molecule has 0 fully saturated rings. The first-order valence-electron chi connectivity index (χ1n) is 7.31. The first kappa shape index (κ1) is 16.8. The van der Waals surface area contributed by atoms with E-state index in [0.29, 0.717) is 17.1 Å². The van der Waals surface area contributed by atoms with Gasteiger partial charge in [0, 0.05) is 16.3 Å². The van der Waals surface area contributed by atoms with Gasteiger partial charge >= 0.3 is 5.97 Å². The molecule has 0 aliphatic carbocycles. The largest absolute Gasteiger partial charge is 0.489 e. The van der Waals surface area contributed by atoms with Crippen LogP contribution in [0.1, 0.15) is 13.8 Å². The number of hydrogen-bond acceptors (Lipinski definition) is 5. The first-order chi connectivity index (χ1) is 11.0. The van der Waals surface area contributed by atoms with E-state index in [1.165, 1.54) is 0 Å². The maximum absolute atomic E-state index is 11.3. The van der Waals surface area contributed by atoms with Crippen molar-refractivity contribution in [2.24, 2.45) is 0 Å². The SMILES string of the molecule is C=C(C)C(=O)OCCOc1cccc2c(OC(C)O)cccc12. The molecule has 5 heteroatoms. The number of carbonyl (C=O) groups excluding carboxylic acids is 1. The molecule has 0 bridgehead atoms. The van der Waals surface area contributed by atoms with Crippen LogP contribution >= 0.6 is 0 Å². The van der Waals surface area contributed by atoms with Crippen molar-refractivity contribution in [1.29, 1.82) is 0 Å². The summed E-state index contributed by atoms with van der Waals surface area (Å²) in [4.78, 5) is 11.3. The molecule has 0 heterocycles. The van der Waals surface area contributed by atoms with Crippen molar-refractivity contribution in [3.05, 3.63) is 48.6 Å². The van der Waals surface area contributed by atoms with Crippen molar-refractivity contribution in [3.8, 4) is 11.5 Å². The summed E-state index contributed by atoms with van der Waals surface area (Å²) in [5.74, 6) is 0.806. The van der Waals surface area contributed by atoms with Gasteiger partial charge in [-0.3, -0.25) is 0 Å². The third-order valence-electron chi connectivity index (χ3n) is 3.06. The van der Waals surface area contributed by atoms with Gasteiger partial charge in [-0.15, -0.1) is 0 Å². The topological polar surface area (TPSA) is 65.0 Å². The third-order valence-corrected chi connectivity index (χ3v) is 3.06. The van der Waals surface area contributed by atoms with E-state index in [-0.39, 0.29) is 13.2 Å². The molecule has 1 unspecified atom stereocenters. The standard InChI is InChI=1S/C18H20O5/c1-12(2)18(20)22-11-10-21-16-8-4-7-15-14(16)6-5-9-17(15)23-13(3)19/h4-9,13,19H,1,10-11H2,2-3H3. The predicted octanol–water partition coefficient (Wildman–Crippen LogP) is 3.06. The van der Waals surface area contributed by atoms with E-state index in [9.17, 15) is 9.90 Å². The van der Waals surface area contributed by atoms with Crippen LogP contribution in [0.2, 0.25) is 0 Å². The van der Waals surface area contributed by atoms with Crippen LogP contribution in [-0.4, -0.2) is 30.6 Å². The molecule has 23 heavy (non-hydrogen) atoms. The fourth-order valence-corrected chi connectivity index (χ4v) is 2.07. The number of benzene rings is 2. The van der Waals surface area contributed by atoms with Crippen LogP contribution in [0, 0.1) is 0 Å². The molecular weight excluding hydrogens is 296 g/mol. The van der Waals surface area contributed by atoms with Gasteiger partial charge < -0.3 is 19.3 Å². The Morgan fingerprint density at radius 1 is 1.13 bits per heavy atom. The molecule has 2 aromatic rings. The molecule has 122 valence electrons.